The molecule has 2 heterocycles. The first-order chi connectivity index (χ1) is 9.53. The second kappa shape index (κ2) is 4.97. The minimum atomic E-state index is -4.22. The molecule has 0 saturated carbocycles. The van der Waals surface area contributed by atoms with Crippen molar-refractivity contribution in [3.8, 4) is 0 Å². The van der Waals surface area contributed by atoms with E-state index >= 15 is 0 Å². The van der Waals surface area contributed by atoms with E-state index in [-0.39, 0.29) is 11.5 Å². The van der Waals surface area contributed by atoms with Gasteiger partial charge in [0.2, 0.25) is 10.0 Å². The van der Waals surface area contributed by atoms with Gasteiger partial charge in [-0.2, -0.15) is 0 Å². The largest absolute Gasteiger partial charge is 0.478 e. The zero-order valence-corrected chi connectivity index (χ0v) is 12.8. The fraction of sp³-hybridized carbons (Fsp3) is 0.364. The van der Waals surface area contributed by atoms with Gasteiger partial charge in [0, 0.05) is 5.41 Å². The SMILES string of the molecule is Cc1oc(C)c(S(=O)(=O)NC2C=CS(=O)(=O)C2)c1C(=O)O. The molecule has 1 unspecified atom stereocenters. The van der Waals surface area contributed by atoms with E-state index in [0.717, 1.165) is 5.41 Å². The first kappa shape index (κ1) is 15.7. The van der Waals surface area contributed by atoms with Crippen molar-refractivity contribution in [1.29, 1.82) is 0 Å². The lowest BCUT2D eigenvalue weighted by Crippen LogP contribution is -2.36. The molecule has 8 nitrogen and oxygen atoms in total. The van der Waals surface area contributed by atoms with Crippen LogP contribution in [0.4, 0.5) is 0 Å². The first-order valence-electron chi connectivity index (χ1n) is 5.80. The molecule has 0 bridgehead atoms. The molecule has 0 aliphatic carbocycles. The summed E-state index contributed by atoms with van der Waals surface area (Å²) in [5.74, 6) is -1.93. The van der Waals surface area contributed by atoms with Gasteiger partial charge in [-0.15, -0.1) is 0 Å². The summed E-state index contributed by atoms with van der Waals surface area (Å²) < 4.78 is 54.4. The van der Waals surface area contributed by atoms with E-state index in [2.05, 4.69) is 4.72 Å². The Morgan fingerprint density at radius 3 is 2.48 bits per heavy atom. The van der Waals surface area contributed by atoms with Crippen molar-refractivity contribution in [2.24, 2.45) is 0 Å². The molecule has 0 saturated heterocycles. The number of furan rings is 1. The fourth-order valence-electron chi connectivity index (χ4n) is 2.14. The Bertz CT molecular complexity index is 830. The molecule has 1 aliphatic rings. The molecule has 1 aromatic heterocycles. The molecule has 1 atom stereocenters. The van der Waals surface area contributed by atoms with Crippen LogP contribution in [-0.2, 0) is 19.9 Å². The summed E-state index contributed by atoms with van der Waals surface area (Å²) in [6.07, 6.45) is 1.20. The number of sulfonamides is 1. The van der Waals surface area contributed by atoms with Crippen molar-refractivity contribution in [2.75, 3.05) is 5.75 Å². The van der Waals surface area contributed by atoms with Gasteiger partial charge in [0.1, 0.15) is 22.0 Å². The molecule has 0 spiro atoms. The molecule has 1 aliphatic heterocycles. The Hall–Kier alpha value is -1.65. The lowest BCUT2D eigenvalue weighted by atomic mass is 10.2. The molecular weight excluding hydrogens is 322 g/mol. The lowest BCUT2D eigenvalue weighted by molar-refractivity contribution is 0.0691. The predicted octanol–water partition coefficient (Wildman–Crippen LogP) is 0.184. The van der Waals surface area contributed by atoms with Crippen LogP contribution in [0.25, 0.3) is 0 Å². The molecule has 10 heteroatoms. The standard InChI is InChI=1S/C11H13NO7S2/c1-6-9(11(13)14)10(7(2)19-6)21(17,18)12-8-3-4-20(15,16)5-8/h3-4,8,12H,5H2,1-2H3,(H,13,14). The number of nitrogens with one attached hydrogen (secondary N) is 1. The molecule has 0 fully saturated rings. The average Bonchev–Trinajstić information content (AvgIpc) is 2.77. The van der Waals surface area contributed by atoms with Gasteiger partial charge in [0.05, 0.1) is 11.8 Å². The maximum Gasteiger partial charge on any atom is 0.340 e. The van der Waals surface area contributed by atoms with E-state index in [1.807, 2.05) is 0 Å². The van der Waals surface area contributed by atoms with Crippen molar-refractivity contribution in [3.05, 3.63) is 28.6 Å². The molecular formula is C11H13NO7S2. The Labute approximate surface area is 121 Å². The highest BCUT2D eigenvalue weighted by molar-refractivity contribution is 7.94. The van der Waals surface area contributed by atoms with Crippen LogP contribution in [0.3, 0.4) is 0 Å². The Morgan fingerprint density at radius 2 is 2.00 bits per heavy atom. The van der Waals surface area contributed by atoms with E-state index in [9.17, 15) is 21.6 Å². The maximum absolute atomic E-state index is 12.3. The zero-order valence-electron chi connectivity index (χ0n) is 11.2. The van der Waals surface area contributed by atoms with Gasteiger partial charge < -0.3 is 9.52 Å². The Morgan fingerprint density at radius 1 is 1.38 bits per heavy atom. The first-order valence-corrected chi connectivity index (χ1v) is 9.00. The summed E-state index contributed by atoms with van der Waals surface area (Å²) in [5, 5.41) is 10.0. The predicted molar refractivity (Wildman–Crippen MR) is 72.2 cm³/mol. The quantitative estimate of drug-likeness (QED) is 0.802. The van der Waals surface area contributed by atoms with Crippen LogP contribution < -0.4 is 4.72 Å². The topological polar surface area (TPSA) is 131 Å². The smallest absolute Gasteiger partial charge is 0.340 e. The van der Waals surface area contributed by atoms with E-state index < -0.39 is 48.1 Å². The van der Waals surface area contributed by atoms with Gasteiger partial charge in [-0.3, -0.25) is 0 Å². The summed E-state index contributed by atoms with van der Waals surface area (Å²) in [4.78, 5) is 10.7. The molecule has 0 radical (unpaired) electrons. The summed E-state index contributed by atoms with van der Waals surface area (Å²) in [6.45, 7) is 2.67. The molecule has 2 N–H and O–H groups in total. The van der Waals surface area contributed by atoms with Crippen molar-refractivity contribution >= 4 is 25.8 Å². The van der Waals surface area contributed by atoms with Gasteiger partial charge in [-0.25, -0.2) is 26.4 Å². The van der Waals surface area contributed by atoms with Crippen molar-refractivity contribution in [3.63, 3.8) is 0 Å². The minimum absolute atomic E-state index is 0.0324. The van der Waals surface area contributed by atoms with Crippen LogP contribution in [0.2, 0.25) is 0 Å². The summed E-state index contributed by atoms with van der Waals surface area (Å²) in [6, 6.07) is -0.934. The number of aryl methyl sites for hydroxylation is 2. The van der Waals surface area contributed by atoms with Gasteiger partial charge in [-0.05, 0) is 13.8 Å². The number of carbonyl (C=O) groups is 1. The third kappa shape index (κ3) is 3.01. The Balaban J connectivity index is 2.42. The number of hydrogen-bond acceptors (Lipinski definition) is 6. The molecule has 0 amide bonds. The zero-order chi connectivity index (χ0) is 16.0. The van der Waals surface area contributed by atoms with Crippen molar-refractivity contribution in [2.45, 2.75) is 24.8 Å². The highest BCUT2D eigenvalue weighted by atomic mass is 32.2. The number of rotatable bonds is 4. The number of hydrogen-bond donors (Lipinski definition) is 2. The van der Waals surface area contributed by atoms with E-state index in [4.69, 9.17) is 9.52 Å². The van der Waals surface area contributed by atoms with Crippen LogP contribution in [0.5, 0.6) is 0 Å². The van der Waals surface area contributed by atoms with Crippen LogP contribution in [0, 0.1) is 13.8 Å². The van der Waals surface area contributed by atoms with Crippen LogP contribution in [0.1, 0.15) is 21.9 Å². The summed E-state index contributed by atoms with van der Waals surface area (Å²) in [7, 11) is -7.65. The van der Waals surface area contributed by atoms with Crippen LogP contribution >= 0.6 is 0 Å². The van der Waals surface area contributed by atoms with Crippen molar-refractivity contribution < 1.29 is 31.2 Å². The number of carboxylic acid groups (broad SMARTS) is 1. The average molecular weight is 335 g/mol. The highest BCUT2D eigenvalue weighted by Gasteiger charge is 2.34. The normalized spacial score (nSPS) is 20.8. The van der Waals surface area contributed by atoms with Crippen LogP contribution in [-0.4, -0.2) is 39.7 Å². The monoisotopic (exact) mass is 335 g/mol. The molecule has 2 rings (SSSR count). The minimum Gasteiger partial charge on any atom is -0.478 e. The molecule has 21 heavy (non-hydrogen) atoms. The highest BCUT2D eigenvalue weighted by Crippen LogP contribution is 2.27. The number of sulfone groups is 1. The maximum atomic E-state index is 12.3. The second-order valence-electron chi connectivity index (χ2n) is 4.61. The third-order valence-electron chi connectivity index (χ3n) is 2.92. The molecule has 0 aromatic carbocycles. The lowest BCUT2D eigenvalue weighted by Gasteiger charge is -2.10. The van der Waals surface area contributed by atoms with E-state index in [1.165, 1.54) is 19.9 Å². The van der Waals surface area contributed by atoms with Crippen molar-refractivity contribution in [1.82, 2.24) is 4.72 Å². The van der Waals surface area contributed by atoms with Gasteiger partial charge >= 0.3 is 5.97 Å². The fourth-order valence-corrected chi connectivity index (χ4v) is 5.08. The third-order valence-corrected chi connectivity index (χ3v) is 5.96. The number of carboxylic acids is 1. The van der Waals surface area contributed by atoms with Crippen LogP contribution in [0.15, 0.2) is 20.8 Å². The molecule has 1 aromatic rings. The second-order valence-corrected chi connectivity index (χ2v) is 8.19. The summed E-state index contributed by atoms with van der Waals surface area (Å²) >= 11 is 0. The summed E-state index contributed by atoms with van der Waals surface area (Å²) in [5.41, 5.74) is -0.454. The van der Waals surface area contributed by atoms with E-state index in [1.54, 1.807) is 0 Å². The van der Waals surface area contributed by atoms with Gasteiger partial charge in [0.25, 0.3) is 0 Å². The van der Waals surface area contributed by atoms with E-state index in [0.29, 0.717) is 0 Å². The Kier molecular flexibility index (Phi) is 3.72. The molecule has 116 valence electrons. The van der Waals surface area contributed by atoms with Gasteiger partial charge in [0.15, 0.2) is 9.84 Å². The van der Waals surface area contributed by atoms with Gasteiger partial charge in [-0.1, -0.05) is 6.08 Å². The number of aromatic carboxylic acids is 1.